The van der Waals surface area contributed by atoms with Gasteiger partial charge in [0.2, 0.25) is 5.91 Å². The van der Waals surface area contributed by atoms with Crippen LogP contribution in [0.3, 0.4) is 0 Å². The Morgan fingerprint density at radius 2 is 1.65 bits per heavy atom. The molecule has 1 amide bonds. The van der Waals surface area contributed by atoms with Crippen molar-refractivity contribution < 1.29 is 19.1 Å². The minimum absolute atomic E-state index is 0.136. The molecule has 0 bridgehead atoms. The van der Waals surface area contributed by atoms with Gasteiger partial charge in [-0.3, -0.25) is 14.4 Å². The summed E-state index contributed by atoms with van der Waals surface area (Å²) in [5, 5.41) is 2.79. The van der Waals surface area contributed by atoms with Gasteiger partial charge in [-0.25, -0.2) is 0 Å². The maximum absolute atomic E-state index is 13.1. The molecule has 2 unspecified atom stereocenters. The van der Waals surface area contributed by atoms with Crippen LogP contribution in [-0.2, 0) is 9.59 Å². The van der Waals surface area contributed by atoms with Crippen molar-refractivity contribution in [3.8, 4) is 5.75 Å². The van der Waals surface area contributed by atoms with Crippen LogP contribution in [0.1, 0.15) is 34.3 Å². The van der Waals surface area contributed by atoms with Crippen LogP contribution < -0.4 is 10.1 Å². The molecule has 0 aromatic heterocycles. The fourth-order valence-corrected chi connectivity index (χ4v) is 3.84. The molecule has 4 rings (SSSR count). The fourth-order valence-electron chi connectivity index (χ4n) is 3.84. The third-order valence-corrected chi connectivity index (χ3v) is 5.04. The monoisotopic (exact) mass is 347 g/mol. The van der Waals surface area contributed by atoms with E-state index in [1.165, 1.54) is 6.92 Å². The van der Waals surface area contributed by atoms with Crippen LogP contribution in [-0.4, -0.2) is 24.6 Å². The molecule has 0 saturated heterocycles. The lowest BCUT2D eigenvalue weighted by Gasteiger charge is -2.31. The summed E-state index contributed by atoms with van der Waals surface area (Å²) in [6.07, 6.45) is 0. The summed E-state index contributed by atoms with van der Waals surface area (Å²) in [4.78, 5) is 38.0. The minimum atomic E-state index is -0.930. The first-order chi connectivity index (χ1) is 12.5. The predicted octanol–water partition coefficient (Wildman–Crippen LogP) is 2.72. The van der Waals surface area contributed by atoms with Gasteiger partial charge in [0.05, 0.1) is 12.8 Å². The lowest BCUT2D eigenvalue weighted by atomic mass is 9.74. The van der Waals surface area contributed by atoms with Gasteiger partial charge >= 0.3 is 0 Å². The molecule has 5 heteroatoms. The first kappa shape index (κ1) is 16.3. The third kappa shape index (κ3) is 2.28. The zero-order valence-electron chi connectivity index (χ0n) is 14.4. The zero-order valence-corrected chi connectivity index (χ0v) is 14.4. The number of methoxy groups -OCH3 is 1. The highest BCUT2D eigenvalue weighted by molar-refractivity contribution is 6.25. The smallest absolute Gasteiger partial charge is 0.235 e. The Morgan fingerprint density at radius 1 is 1.00 bits per heavy atom. The molecule has 2 aliphatic rings. The summed E-state index contributed by atoms with van der Waals surface area (Å²) in [5.41, 5.74) is 3.02. The lowest BCUT2D eigenvalue weighted by molar-refractivity contribution is -0.133. The number of rotatable bonds is 3. The van der Waals surface area contributed by atoms with E-state index in [9.17, 15) is 14.4 Å². The number of carbonyl (C=O) groups excluding carboxylic acids is 3. The van der Waals surface area contributed by atoms with Crippen LogP contribution >= 0.6 is 0 Å². The average molecular weight is 347 g/mol. The standard InChI is InChI=1S/C21H17NO4/c1-11(23)16-17(12-7-9-13(26-2)10-8-12)18-19(22-21(16)25)14-5-3-4-6-15(14)20(18)24/h3-10,16-17H,1-2H3,(H,22,25). The highest BCUT2D eigenvalue weighted by Gasteiger charge is 2.47. The summed E-state index contributed by atoms with van der Waals surface area (Å²) < 4.78 is 5.19. The Labute approximate surface area is 150 Å². The Morgan fingerprint density at radius 3 is 2.27 bits per heavy atom. The van der Waals surface area contributed by atoms with Crippen LogP contribution in [0.2, 0.25) is 0 Å². The van der Waals surface area contributed by atoms with Crippen LogP contribution in [0.5, 0.6) is 5.75 Å². The predicted molar refractivity (Wildman–Crippen MR) is 95.7 cm³/mol. The summed E-state index contributed by atoms with van der Waals surface area (Å²) >= 11 is 0. The second kappa shape index (κ2) is 5.95. The molecule has 1 aliphatic carbocycles. The van der Waals surface area contributed by atoms with Crippen molar-refractivity contribution in [2.45, 2.75) is 12.8 Å². The summed E-state index contributed by atoms with van der Waals surface area (Å²) in [6, 6.07) is 14.3. The number of benzene rings is 2. The van der Waals surface area contributed by atoms with Gasteiger partial charge in [-0.05, 0) is 24.6 Å². The number of fused-ring (bicyclic) bond motifs is 2. The van der Waals surface area contributed by atoms with Gasteiger partial charge in [-0.15, -0.1) is 0 Å². The van der Waals surface area contributed by atoms with E-state index >= 15 is 0 Å². The Hall–Kier alpha value is -3.21. The molecule has 2 atom stereocenters. The third-order valence-electron chi connectivity index (χ3n) is 5.04. The number of ketones is 2. The van der Waals surface area contributed by atoms with E-state index in [1.807, 2.05) is 12.1 Å². The van der Waals surface area contributed by atoms with Crippen LogP contribution in [0.25, 0.3) is 5.70 Å². The van der Waals surface area contributed by atoms with Crippen molar-refractivity contribution in [2.24, 2.45) is 5.92 Å². The fraction of sp³-hybridized carbons (Fsp3) is 0.190. The van der Waals surface area contributed by atoms with Gasteiger partial charge in [0.1, 0.15) is 17.5 Å². The van der Waals surface area contributed by atoms with Crippen LogP contribution in [0.4, 0.5) is 0 Å². The molecule has 0 radical (unpaired) electrons. The maximum Gasteiger partial charge on any atom is 0.235 e. The average Bonchev–Trinajstić information content (AvgIpc) is 2.93. The van der Waals surface area contributed by atoms with E-state index in [1.54, 1.807) is 43.5 Å². The number of amides is 1. The molecule has 0 spiro atoms. The van der Waals surface area contributed by atoms with Crippen molar-refractivity contribution in [1.29, 1.82) is 0 Å². The second-order valence-electron chi connectivity index (χ2n) is 6.49. The summed E-state index contributed by atoms with van der Waals surface area (Å²) in [5.74, 6) is -1.64. The SMILES string of the molecule is COc1ccc(C2C3=C(NC(=O)C2C(C)=O)c2ccccc2C3=O)cc1. The molecule has 1 aliphatic heterocycles. The molecule has 1 N–H and O–H groups in total. The topological polar surface area (TPSA) is 72.5 Å². The van der Waals surface area contributed by atoms with Crippen molar-refractivity contribution in [1.82, 2.24) is 5.32 Å². The molecule has 2 aromatic carbocycles. The summed E-state index contributed by atoms with van der Waals surface area (Å²) in [7, 11) is 1.57. The van der Waals surface area contributed by atoms with E-state index in [0.29, 0.717) is 28.1 Å². The highest BCUT2D eigenvalue weighted by atomic mass is 16.5. The number of allylic oxidation sites excluding steroid dienone is 1. The Balaban J connectivity index is 1.92. The number of nitrogens with one attached hydrogen (secondary N) is 1. The van der Waals surface area contributed by atoms with Crippen molar-refractivity contribution in [3.05, 3.63) is 70.8 Å². The molecule has 5 nitrogen and oxygen atoms in total. The molecule has 2 aromatic rings. The van der Waals surface area contributed by atoms with Gasteiger partial charge in [-0.2, -0.15) is 0 Å². The highest BCUT2D eigenvalue weighted by Crippen LogP contribution is 2.46. The molecule has 0 saturated carbocycles. The van der Waals surface area contributed by atoms with E-state index in [-0.39, 0.29) is 17.5 Å². The van der Waals surface area contributed by atoms with Crippen molar-refractivity contribution in [2.75, 3.05) is 7.11 Å². The number of Topliss-reactive ketones (excluding diaryl/α,β-unsaturated/α-hetero) is 2. The molecular weight excluding hydrogens is 330 g/mol. The maximum atomic E-state index is 13.1. The Bertz CT molecular complexity index is 972. The molecule has 1 heterocycles. The van der Waals surface area contributed by atoms with E-state index in [0.717, 1.165) is 5.56 Å². The van der Waals surface area contributed by atoms with Crippen LogP contribution in [0, 0.1) is 5.92 Å². The normalized spacial score (nSPS) is 21.2. The molecule has 130 valence electrons. The van der Waals surface area contributed by atoms with Gasteiger partial charge in [0.25, 0.3) is 0 Å². The van der Waals surface area contributed by atoms with Gasteiger partial charge in [0, 0.05) is 22.6 Å². The van der Waals surface area contributed by atoms with E-state index in [4.69, 9.17) is 4.74 Å². The first-order valence-electron chi connectivity index (χ1n) is 8.36. The molecule has 0 fully saturated rings. The zero-order chi connectivity index (χ0) is 18.4. The van der Waals surface area contributed by atoms with E-state index in [2.05, 4.69) is 5.32 Å². The number of hydrogen-bond donors (Lipinski definition) is 1. The van der Waals surface area contributed by atoms with Gasteiger partial charge < -0.3 is 10.1 Å². The quantitative estimate of drug-likeness (QED) is 0.867. The largest absolute Gasteiger partial charge is 0.497 e. The Kier molecular flexibility index (Phi) is 3.72. The molecular formula is C21H17NO4. The summed E-state index contributed by atoms with van der Waals surface area (Å²) in [6.45, 7) is 1.39. The minimum Gasteiger partial charge on any atom is -0.497 e. The molecule has 26 heavy (non-hydrogen) atoms. The van der Waals surface area contributed by atoms with Gasteiger partial charge in [0.15, 0.2) is 5.78 Å². The van der Waals surface area contributed by atoms with Gasteiger partial charge in [-0.1, -0.05) is 36.4 Å². The second-order valence-corrected chi connectivity index (χ2v) is 6.49. The van der Waals surface area contributed by atoms with Crippen molar-refractivity contribution >= 4 is 23.2 Å². The van der Waals surface area contributed by atoms with Crippen LogP contribution in [0.15, 0.2) is 54.1 Å². The number of carbonyl (C=O) groups is 3. The number of hydrogen-bond acceptors (Lipinski definition) is 4. The van der Waals surface area contributed by atoms with Crippen molar-refractivity contribution in [3.63, 3.8) is 0 Å². The number of ether oxygens (including phenoxy) is 1. The first-order valence-corrected chi connectivity index (χ1v) is 8.36. The lowest BCUT2D eigenvalue weighted by Crippen LogP contribution is -2.43. The van der Waals surface area contributed by atoms with E-state index < -0.39 is 11.8 Å².